The van der Waals surface area contributed by atoms with Gasteiger partial charge in [0.25, 0.3) is 0 Å². The molecule has 0 spiro atoms. The van der Waals surface area contributed by atoms with Crippen LogP contribution in [0.5, 0.6) is 0 Å². The van der Waals surface area contributed by atoms with Crippen molar-refractivity contribution in [3.8, 4) is 0 Å². The molecule has 0 rings (SSSR count). The number of hydrogen-bond donors (Lipinski definition) is 0. The zero-order valence-electron chi connectivity index (χ0n) is 25.9. The number of ether oxygens (including phenoxy) is 6. The van der Waals surface area contributed by atoms with Crippen LogP contribution in [0.1, 0.15) is 40.0 Å². The van der Waals surface area contributed by atoms with Crippen molar-refractivity contribution in [1.82, 2.24) is 0 Å². The van der Waals surface area contributed by atoms with E-state index in [1.807, 2.05) is 0 Å². The molecule has 0 N–H and O–H groups in total. The lowest BCUT2D eigenvalue weighted by Gasteiger charge is -2.24. The van der Waals surface area contributed by atoms with Gasteiger partial charge in [0, 0.05) is 50.7 Å². The minimum absolute atomic E-state index is 0.0800. The van der Waals surface area contributed by atoms with E-state index in [1.54, 1.807) is 0 Å². The number of hydrogen-bond acceptors (Lipinski definition) is 14. The fraction of sp³-hybridized carbons (Fsp3) is 0.607. The van der Waals surface area contributed by atoms with Crippen molar-refractivity contribution in [2.24, 2.45) is 0 Å². The highest BCUT2D eigenvalue weighted by molar-refractivity contribution is 6.60. The Labute approximate surface area is 253 Å². The average molecular weight is 633 g/mol. The standard InChI is InChI=1S/C28H44O14Si/c1-19(2)26(31)39-17-23(18-40-27(32)20(3)4)41-25(30)12-11-24(29)38-16-22(42-28(33)21(5)6)15-37-13-10-14-43(34-7,35-8)36-9/h22-23H,1,3,5,10-18H2,2,4,6-9H3. The summed E-state index contributed by atoms with van der Waals surface area (Å²) in [5.74, 6) is -3.75. The Morgan fingerprint density at radius 3 is 1.51 bits per heavy atom. The molecule has 0 aliphatic carbocycles. The number of esters is 5. The SMILES string of the molecule is C=C(C)C(=O)OCC(COC(=O)C(=C)C)OC(=O)CCC(=O)OCC(COCCC[Si](OC)(OC)OC)OC(=O)C(=C)C. The first-order valence-corrected chi connectivity index (χ1v) is 15.2. The molecule has 0 aliphatic heterocycles. The highest BCUT2D eigenvalue weighted by Gasteiger charge is 2.37. The Kier molecular flexibility index (Phi) is 19.7. The van der Waals surface area contributed by atoms with Crippen LogP contribution in [-0.4, -0.2) is 105 Å². The molecule has 0 heterocycles. The number of carbonyl (C=O) groups excluding carboxylic acids is 5. The van der Waals surface area contributed by atoms with Crippen molar-refractivity contribution >= 4 is 38.7 Å². The molecule has 0 amide bonds. The normalized spacial score (nSPS) is 11.7. The molecule has 0 fully saturated rings. The molecule has 244 valence electrons. The number of carbonyl (C=O) groups is 5. The fourth-order valence-corrected chi connectivity index (χ4v) is 4.63. The first-order valence-electron chi connectivity index (χ1n) is 13.3. The van der Waals surface area contributed by atoms with E-state index in [0.29, 0.717) is 12.5 Å². The van der Waals surface area contributed by atoms with Crippen LogP contribution in [-0.2, 0) is 65.7 Å². The molecule has 1 atom stereocenters. The van der Waals surface area contributed by atoms with E-state index in [2.05, 4.69) is 19.7 Å². The highest BCUT2D eigenvalue weighted by atomic mass is 28.4. The Balaban J connectivity index is 4.89. The van der Waals surface area contributed by atoms with E-state index in [-0.39, 0.29) is 43.0 Å². The summed E-state index contributed by atoms with van der Waals surface area (Å²) in [6, 6.07) is 0.491. The highest BCUT2D eigenvalue weighted by Crippen LogP contribution is 2.15. The Bertz CT molecular complexity index is 950. The van der Waals surface area contributed by atoms with Gasteiger partial charge in [0.2, 0.25) is 0 Å². The van der Waals surface area contributed by atoms with Gasteiger partial charge in [0.05, 0.1) is 19.4 Å². The Morgan fingerprint density at radius 2 is 1.05 bits per heavy atom. The molecule has 0 bridgehead atoms. The van der Waals surface area contributed by atoms with Crippen LogP contribution in [0.15, 0.2) is 36.5 Å². The zero-order chi connectivity index (χ0) is 33.0. The van der Waals surface area contributed by atoms with Crippen LogP contribution in [0.25, 0.3) is 0 Å². The maximum absolute atomic E-state index is 12.3. The van der Waals surface area contributed by atoms with Gasteiger partial charge in [0.15, 0.2) is 12.2 Å². The second kappa shape index (κ2) is 21.3. The molecule has 0 saturated heterocycles. The van der Waals surface area contributed by atoms with Crippen molar-refractivity contribution in [2.45, 2.75) is 58.3 Å². The lowest BCUT2D eigenvalue weighted by atomic mass is 10.3. The van der Waals surface area contributed by atoms with Crippen LogP contribution < -0.4 is 0 Å². The van der Waals surface area contributed by atoms with Gasteiger partial charge in [-0.1, -0.05) is 19.7 Å². The third-order valence-electron chi connectivity index (χ3n) is 5.39. The smallest absolute Gasteiger partial charge is 0.462 e. The summed E-state index contributed by atoms with van der Waals surface area (Å²) in [5, 5.41) is 0. The van der Waals surface area contributed by atoms with Crippen molar-refractivity contribution in [3.63, 3.8) is 0 Å². The third kappa shape index (κ3) is 17.4. The van der Waals surface area contributed by atoms with Gasteiger partial charge in [0.1, 0.15) is 19.8 Å². The first-order chi connectivity index (χ1) is 20.2. The van der Waals surface area contributed by atoms with Gasteiger partial charge < -0.3 is 41.7 Å². The van der Waals surface area contributed by atoms with E-state index < -0.39 is 70.5 Å². The molecule has 14 nitrogen and oxygen atoms in total. The van der Waals surface area contributed by atoms with Gasteiger partial charge >= 0.3 is 38.7 Å². The summed E-state index contributed by atoms with van der Waals surface area (Å²) in [5.41, 5.74) is 0.389. The van der Waals surface area contributed by atoms with Gasteiger partial charge in [-0.2, -0.15) is 0 Å². The number of rotatable bonds is 23. The molecule has 0 aromatic carbocycles. The summed E-state index contributed by atoms with van der Waals surface area (Å²) < 4.78 is 47.3. The van der Waals surface area contributed by atoms with E-state index in [1.165, 1.54) is 42.1 Å². The maximum atomic E-state index is 12.3. The topological polar surface area (TPSA) is 168 Å². The van der Waals surface area contributed by atoms with Crippen molar-refractivity contribution in [3.05, 3.63) is 36.5 Å². The zero-order valence-corrected chi connectivity index (χ0v) is 26.9. The average Bonchev–Trinajstić information content (AvgIpc) is 2.97. The molecular weight excluding hydrogens is 588 g/mol. The van der Waals surface area contributed by atoms with Gasteiger partial charge in [-0.3, -0.25) is 9.59 Å². The minimum Gasteiger partial charge on any atom is -0.462 e. The third-order valence-corrected chi connectivity index (χ3v) is 8.22. The minimum atomic E-state index is -2.76. The summed E-state index contributed by atoms with van der Waals surface area (Å²) >= 11 is 0. The quantitative estimate of drug-likeness (QED) is 0.0528. The second-order valence-corrected chi connectivity index (χ2v) is 12.4. The van der Waals surface area contributed by atoms with Crippen LogP contribution in [0.2, 0.25) is 6.04 Å². The molecule has 15 heteroatoms. The summed E-state index contributed by atoms with van der Waals surface area (Å²) in [6.45, 7) is 13.8. The largest absolute Gasteiger partial charge is 0.500 e. The van der Waals surface area contributed by atoms with Gasteiger partial charge in [-0.15, -0.1) is 0 Å². The van der Waals surface area contributed by atoms with E-state index >= 15 is 0 Å². The van der Waals surface area contributed by atoms with E-state index in [9.17, 15) is 24.0 Å². The maximum Gasteiger partial charge on any atom is 0.500 e. The van der Waals surface area contributed by atoms with E-state index in [0.717, 1.165) is 0 Å². The molecule has 0 radical (unpaired) electrons. The summed E-state index contributed by atoms with van der Waals surface area (Å²) in [6.07, 6.45) is -2.31. The monoisotopic (exact) mass is 632 g/mol. The summed E-state index contributed by atoms with van der Waals surface area (Å²) in [4.78, 5) is 60.1. The molecular formula is C28H44O14Si. The van der Waals surface area contributed by atoms with E-state index in [4.69, 9.17) is 41.7 Å². The molecule has 43 heavy (non-hydrogen) atoms. The second-order valence-electron chi connectivity index (χ2n) is 9.33. The molecule has 0 aliphatic rings. The molecule has 0 saturated carbocycles. The Hall–Kier alpha value is -3.37. The van der Waals surface area contributed by atoms with Crippen LogP contribution in [0.3, 0.4) is 0 Å². The predicted molar refractivity (Wildman–Crippen MR) is 153 cm³/mol. The van der Waals surface area contributed by atoms with Gasteiger partial charge in [-0.25, -0.2) is 14.4 Å². The lowest BCUT2D eigenvalue weighted by Crippen LogP contribution is -2.42. The lowest BCUT2D eigenvalue weighted by molar-refractivity contribution is -0.166. The van der Waals surface area contributed by atoms with Crippen LogP contribution in [0, 0.1) is 0 Å². The van der Waals surface area contributed by atoms with Crippen LogP contribution in [0.4, 0.5) is 0 Å². The molecule has 1 unspecified atom stereocenters. The molecule has 0 aromatic rings. The van der Waals surface area contributed by atoms with Crippen molar-refractivity contribution < 1.29 is 65.7 Å². The van der Waals surface area contributed by atoms with Gasteiger partial charge in [-0.05, 0) is 27.2 Å². The Morgan fingerprint density at radius 1 is 0.605 bits per heavy atom. The predicted octanol–water partition coefficient (Wildman–Crippen LogP) is 2.23. The fourth-order valence-electron chi connectivity index (χ4n) is 2.94. The van der Waals surface area contributed by atoms with Crippen molar-refractivity contribution in [2.75, 3.05) is 54.4 Å². The summed E-state index contributed by atoms with van der Waals surface area (Å²) in [7, 11) is 1.75. The molecule has 0 aromatic heterocycles. The van der Waals surface area contributed by atoms with Crippen LogP contribution >= 0.6 is 0 Å². The van der Waals surface area contributed by atoms with Crippen molar-refractivity contribution in [1.29, 1.82) is 0 Å². The first kappa shape index (κ1) is 39.6.